The SMILES string of the molecule is Cc1ccc(S(C)(=O)=O)cc1NC1CCCNCC1. The summed E-state index contributed by atoms with van der Waals surface area (Å²) in [6, 6.07) is 5.71. The number of nitrogens with one attached hydrogen (secondary N) is 2. The van der Waals surface area contributed by atoms with Crippen LogP contribution in [0.15, 0.2) is 23.1 Å². The largest absolute Gasteiger partial charge is 0.382 e. The van der Waals surface area contributed by atoms with E-state index in [1.54, 1.807) is 12.1 Å². The summed E-state index contributed by atoms with van der Waals surface area (Å²) in [5.74, 6) is 0. The predicted molar refractivity (Wildman–Crippen MR) is 78.4 cm³/mol. The van der Waals surface area contributed by atoms with Crippen molar-refractivity contribution in [2.75, 3.05) is 24.7 Å². The molecule has 0 saturated carbocycles. The number of hydrogen-bond acceptors (Lipinski definition) is 4. The molecular formula is C14H22N2O2S. The minimum Gasteiger partial charge on any atom is -0.382 e. The van der Waals surface area contributed by atoms with Crippen molar-refractivity contribution in [2.24, 2.45) is 0 Å². The Hall–Kier alpha value is -1.07. The highest BCUT2D eigenvalue weighted by atomic mass is 32.2. The lowest BCUT2D eigenvalue weighted by Gasteiger charge is -2.19. The van der Waals surface area contributed by atoms with Gasteiger partial charge in [0.15, 0.2) is 9.84 Å². The van der Waals surface area contributed by atoms with Crippen molar-refractivity contribution in [1.29, 1.82) is 0 Å². The molecule has 19 heavy (non-hydrogen) atoms. The zero-order valence-electron chi connectivity index (χ0n) is 11.6. The van der Waals surface area contributed by atoms with Crippen LogP contribution in [0.3, 0.4) is 0 Å². The molecule has 4 nitrogen and oxygen atoms in total. The Labute approximate surface area is 115 Å². The van der Waals surface area contributed by atoms with Crippen LogP contribution in [0.2, 0.25) is 0 Å². The molecule has 1 aliphatic heterocycles. The molecule has 0 radical (unpaired) electrons. The molecule has 5 heteroatoms. The van der Waals surface area contributed by atoms with Crippen LogP contribution in [0.5, 0.6) is 0 Å². The van der Waals surface area contributed by atoms with Gasteiger partial charge in [-0.1, -0.05) is 6.07 Å². The van der Waals surface area contributed by atoms with Gasteiger partial charge in [-0.2, -0.15) is 0 Å². The molecule has 1 saturated heterocycles. The molecule has 0 spiro atoms. The van der Waals surface area contributed by atoms with Crippen LogP contribution >= 0.6 is 0 Å². The maximum atomic E-state index is 11.6. The molecule has 1 heterocycles. The third-order valence-electron chi connectivity index (χ3n) is 3.57. The Kier molecular flexibility index (Phi) is 4.47. The zero-order valence-corrected chi connectivity index (χ0v) is 12.4. The molecule has 1 aliphatic rings. The second kappa shape index (κ2) is 5.92. The first kappa shape index (κ1) is 14.3. The minimum absolute atomic E-state index is 0.382. The quantitative estimate of drug-likeness (QED) is 0.889. The van der Waals surface area contributed by atoms with Gasteiger partial charge in [-0.05, 0) is 57.0 Å². The van der Waals surface area contributed by atoms with E-state index in [-0.39, 0.29) is 0 Å². The van der Waals surface area contributed by atoms with Gasteiger partial charge in [-0.25, -0.2) is 8.42 Å². The van der Waals surface area contributed by atoms with Crippen LogP contribution in [-0.2, 0) is 9.84 Å². The summed E-state index contributed by atoms with van der Waals surface area (Å²) in [6.07, 6.45) is 4.59. The lowest BCUT2D eigenvalue weighted by molar-refractivity contribution is 0.601. The van der Waals surface area contributed by atoms with Crippen molar-refractivity contribution >= 4 is 15.5 Å². The number of anilines is 1. The van der Waals surface area contributed by atoms with Gasteiger partial charge in [0, 0.05) is 18.0 Å². The highest BCUT2D eigenvalue weighted by Crippen LogP contribution is 2.22. The first-order valence-corrected chi connectivity index (χ1v) is 8.64. The summed E-state index contributed by atoms with van der Waals surface area (Å²) >= 11 is 0. The van der Waals surface area contributed by atoms with Gasteiger partial charge >= 0.3 is 0 Å². The van der Waals surface area contributed by atoms with E-state index < -0.39 is 9.84 Å². The summed E-state index contributed by atoms with van der Waals surface area (Å²) in [6.45, 7) is 4.09. The average Bonchev–Trinajstić information content (AvgIpc) is 2.59. The van der Waals surface area contributed by atoms with Crippen LogP contribution in [0.25, 0.3) is 0 Å². The topological polar surface area (TPSA) is 58.2 Å². The van der Waals surface area contributed by atoms with E-state index in [4.69, 9.17) is 0 Å². The predicted octanol–water partition coefficient (Wildman–Crippen LogP) is 1.95. The first-order chi connectivity index (χ1) is 8.97. The lowest BCUT2D eigenvalue weighted by Crippen LogP contribution is -2.22. The van der Waals surface area contributed by atoms with Crippen molar-refractivity contribution in [2.45, 2.75) is 37.1 Å². The second-order valence-corrected chi connectivity index (χ2v) is 7.29. The van der Waals surface area contributed by atoms with Crippen molar-refractivity contribution in [3.63, 3.8) is 0 Å². The lowest BCUT2D eigenvalue weighted by atomic mass is 10.1. The molecule has 1 atom stereocenters. The van der Waals surface area contributed by atoms with Gasteiger partial charge in [0.1, 0.15) is 0 Å². The maximum absolute atomic E-state index is 11.6. The summed E-state index contributed by atoms with van der Waals surface area (Å²) in [4.78, 5) is 0.382. The Balaban J connectivity index is 2.19. The van der Waals surface area contributed by atoms with Crippen molar-refractivity contribution < 1.29 is 8.42 Å². The van der Waals surface area contributed by atoms with Crippen LogP contribution in [0.1, 0.15) is 24.8 Å². The Morgan fingerprint density at radius 1 is 1.26 bits per heavy atom. The fourth-order valence-electron chi connectivity index (χ4n) is 2.37. The monoisotopic (exact) mass is 282 g/mol. The Bertz CT molecular complexity index is 532. The fourth-order valence-corrected chi connectivity index (χ4v) is 3.02. The number of rotatable bonds is 3. The second-order valence-electron chi connectivity index (χ2n) is 5.27. The number of aryl methyl sites for hydroxylation is 1. The molecule has 1 aromatic carbocycles. The summed E-state index contributed by atoms with van der Waals surface area (Å²) in [5, 5.41) is 6.87. The molecule has 0 amide bonds. The first-order valence-electron chi connectivity index (χ1n) is 6.75. The van der Waals surface area contributed by atoms with Crippen molar-refractivity contribution in [1.82, 2.24) is 5.32 Å². The average molecular weight is 282 g/mol. The number of hydrogen-bond donors (Lipinski definition) is 2. The standard InChI is InChI=1S/C14H22N2O2S/c1-11-5-6-13(19(2,17)18)10-14(11)16-12-4-3-8-15-9-7-12/h5-6,10,12,15-16H,3-4,7-9H2,1-2H3. The smallest absolute Gasteiger partial charge is 0.175 e. The third kappa shape index (κ3) is 3.94. The highest BCUT2D eigenvalue weighted by molar-refractivity contribution is 7.90. The van der Waals surface area contributed by atoms with Crippen molar-refractivity contribution in [3.05, 3.63) is 23.8 Å². The normalized spacial score (nSPS) is 20.8. The van der Waals surface area contributed by atoms with Gasteiger partial charge in [-0.15, -0.1) is 0 Å². The zero-order chi connectivity index (χ0) is 13.9. The third-order valence-corrected chi connectivity index (χ3v) is 4.68. The number of sulfone groups is 1. The van der Waals surface area contributed by atoms with Crippen LogP contribution in [0, 0.1) is 6.92 Å². The van der Waals surface area contributed by atoms with E-state index in [9.17, 15) is 8.42 Å². The molecule has 106 valence electrons. The molecular weight excluding hydrogens is 260 g/mol. The van der Waals surface area contributed by atoms with Gasteiger partial charge in [0.25, 0.3) is 0 Å². The molecule has 2 N–H and O–H groups in total. The molecule has 2 rings (SSSR count). The van der Waals surface area contributed by atoms with Crippen LogP contribution in [0.4, 0.5) is 5.69 Å². The number of benzene rings is 1. The van der Waals surface area contributed by atoms with E-state index in [0.29, 0.717) is 10.9 Å². The Morgan fingerprint density at radius 2 is 2.05 bits per heavy atom. The van der Waals surface area contributed by atoms with E-state index in [1.807, 2.05) is 13.0 Å². The molecule has 0 aliphatic carbocycles. The molecule has 1 unspecified atom stereocenters. The summed E-state index contributed by atoms with van der Waals surface area (Å²) in [5.41, 5.74) is 2.03. The van der Waals surface area contributed by atoms with E-state index in [1.165, 1.54) is 6.26 Å². The minimum atomic E-state index is -3.14. The van der Waals surface area contributed by atoms with Crippen molar-refractivity contribution in [3.8, 4) is 0 Å². The maximum Gasteiger partial charge on any atom is 0.175 e. The van der Waals surface area contributed by atoms with Gasteiger partial charge in [0.05, 0.1) is 4.90 Å². The van der Waals surface area contributed by atoms with Gasteiger partial charge in [-0.3, -0.25) is 0 Å². The van der Waals surface area contributed by atoms with Crippen LogP contribution in [-0.4, -0.2) is 33.8 Å². The summed E-state index contributed by atoms with van der Waals surface area (Å²) < 4.78 is 23.2. The highest BCUT2D eigenvalue weighted by Gasteiger charge is 2.14. The van der Waals surface area contributed by atoms with Gasteiger partial charge < -0.3 is 10.6 Å². The molecule has 0 aromatic heterocycles. The van der Waals surface area contributed by atoms with E-state index in [2.05, 4.69) is 10.6 Å². The summed E-state index contributed by atoms with van der Waals surface area (Å²) in [7, 11) is -3.14. The van der Waals surface area contributed by atoms with E-state index in [0.717, 1.165) is 43.6 Å². The molecule has 1 fully saturated rings. The van der Waals surface area contributed by atoms with E-state index >= 15 is 0 Å². The molecule has 1 aromatic rings. The molecule has 0 bridgehead atoms. The Morgan fingerprint density at radius 3 is 2.79 bits per heavy atom. The van der Waals surface area contributed by atoms with Gasteiger partial charge in [0.2, 0.25) is 0 Å². The van der Waals surface area contributed by atoms with Crippen LogP contribution < -0.4 is 10.6 Å². The fraction of sp³-hybridized carbons (Fsp3) is 0.571.